The maximum absolute atomic E-state index is 12.3. The molecule has 1 N–H and O–H groups in total. The predicted molar refractivity (Wildman–Crippen MR) is 86.7 cm³/mol. The molecule has 0 saturated heterocycles. The SMILES string of the molecule is CC(C)Cn1ccnc(NCc2cccc(CCl)c2)c1=O. The summed E-state index contributed by atoms with van der Waals surface area (Å²) in [6.07, 6.45) is 3.38. The Hall–Kier alpha value is -1.81. The lowest BCUT2D eigenvalue weighted by atomic mass is 10.1. The van der Waals surface area contributed by atoms with Gasteiger partial charge in [-0.2, -0.15) is 0 Å². The molecule has 0 aliphatic rings. The van der Waals surface area contributed by atoms with Crippen LogP contribution in [0.3, 0.4) is 0 Å². The molecular formula is C16H20ClN3O. The van der Waals surface area contributed by atoms with Crippen LogP contribution in [0.25, 0.3) is 0 Å². The third-order valence-corrected chi connectivity index (χ3v) is 3.39. The topological polar surface area (TPSA) is 46.9 Å². The van der Waals surface area contributed by atoms with Gasteiger partial charge in [0.25, 0.3) is 5.56 Å². The molecule has 0 aliphatic heterocycles. The van der Waals surface area contributed by atoms with E-state index >= 15 is 0 Å². The Labute approximate surface area is 129 Å². The van der Waals surface area contributed by atoms with Crippen molar-refractivity contribution in [2.75, 3.05) is 5.32 Å². The second-order valence-electron chi connectivity index (χ2n) is 5.43. The van der Waals surface area contributed by atoms with E-state index in [1.54, 1.807) is 17.0 Å². The van der Waals surface area contributed by atoms with Gasteiger partial charge in [-0.25, -0.2) is 4.98 Å². The number of halogens is 1. The molecule has 4 nitrogen and oxygen atoms in total. The summed E-state index contributed by atoms with van der Waals surface area (Å²) in [7, 11) is 0. The molecule has 21 heavy (non-hydrogen) atoms. The summed E-state index contributed by atoms with van der Waals surface area (Å²) in [4.78, 5) is 16.4. The molecule has 0 spiro atoms. The fourth-order valence-corrected chi connectivity index (χ4v) is 2.28. The van der Waals surface area contributed by atoms with Crippen LogP contribution in [0.4, 0.5) is 5.82 Å². The van der Waals surface area contributed by atoms with E-state index in [-0.39, 0.29) is 5.56 Å². The van der Waals surface area contributed by atoms with Crippen LogP contribution in [0.2, 0.25) is 0 Å². The van der Waals surface area contributed by atoms with Gasteiger partial charge < -0.3 is 9.88 Å². The Kier molecular flexibility index (Phi) is 5.39. The monoisotopic (exact) mass is 305 g/mol. The highest BCUT2D eigenvalue weighted by Gasteiger charge is 2.06. The van der Waals surface area contributed by atoms with Crippen LogP contribution < -0.4 is 10.9 Å². The minimum Gasteiger partial charge on any atom is -0.361 e. The Morgan fingerprint density at radius 1 is 1.33 bits per heavy atom. The molecule has 0 atom stereocenters. The molecule has 2 aromatic rings. The van der Waals surface area contributed by atoms with Gasteiger partial charge in [-0.1, -0.05) is 38.1 Å². The summed E-state index contributed by atoms with van der Waals surface area (Å²) >= 11 is 5.82. The minimum atomic E-state index is -0.0836. The normalized spacial score (nSPS) is 10.9. The molecule has 0 radical (unpaired) electrons. The van der Waals surface area contributed by atoms with Gasteiger partial charge in [-0.05, 0) is 17.0 Å². The number of benzene rings is 1. The van der Waals surface area contributed by atoms with Gasteiger partial charge in [-0.15, -0.1) is 11.6 Å². The maximum atomic E-state index is 12.3. The summed E-state index contributed by atoms with van der Waals surface area (Å²) in [5.41, 5.74) is 2.06. The molecule has 0 unspecified atom stereocenters. The predicted octanol–water partition coefficient (Wildman–Crippen LogP) is 3.25. The second-order valence-corrected chi connectivity index (χ2v) is 5.70. The Balaban J connectivity index is 2.11. The van der Waals surface area contributed by atoms with E-state index in [2.05, 4.69) is 24.1 Å². The minimum absolute atomic E-state index is 0.0836. The van der Waals surface area contributed by atoms with Crippen LogP contribution in [0.15, 0.2) is 41.5 Å². The molecule has 5 heteroatoms. The molecule has 0 amide bonds. The molecule has 2 rings (SSSR count). The highest BCUT2D eigenvalue weighted by atomic mass is 35.5. The van der Waals surface area contributed by atoms with Gasteiger partial charge in [-0.3, -0.25) is 4.79 Å². The zero-order valence-electron chi connectivity index (χ0n) is 12.3. The van der Waals surface area contributed by atoms with Crippen LogP contribution in [-0.2, 0) is 19.0 Å². The van der Waals surface area contributed by atoms with Gasteiger partial charge in [0.1, 0.15) is 0 Å². The Bertz CT molecular complexity index is 652. The van der Waals surface area contributed by atoms with Crippen molar-refractivity contribution in [3.05, 3.63) is 58.1 Å². The van der Waals surface area contributed by atoms with E-state index in [1.807, 2.05) is 24.3 Å². The molecule has 0 bridgehead atoms. The fraction of sp³-hybridized carbons (Fsp3) is 0.375. The number of hydrogen-bond acceptors (Lipinski definition) is 3. The van der Waals surface area contributed by atoms with E-state index in [9.17, 15) is 4.79 Å². The molecule has 0 aliphatic carbocycles. The highest BCUT2D eigenvalue weighted by Crippen LogP contribution is 2.09. The van der Waals surface area contributed by atoms with E-state index in [1.165, 1.54) is 0 Å². The Morgan fingerprint density at radius 3 is 2.81 bits per heavy atom. The lowest BCUT2D eigenvalue weighted by Crippen LogP contribution is -2.25. The van der Waals surface area contributed by atoms with Gasteiger partial charge in [0.2, 0.25) is 0 Å². The Morgan fingerprint density at radius 2 is 2.10 bits per heavy atom. The number of hydrogen-bond donors (Lipinski definition) is 1. The van der Waals surface area contributed by atoms with E-state index < -0.39 is 0 Å². The smallest absolute Gasteiger partial charge is 0.293 e. The summed E-state index contributed by atoms with van der Waals surface area (Å²) in [5, 5.41) is 3.11. The summed E-state index contributed by atoms with van der Waals surface area (Å²) in [6, 6.07) is 7.96. The third-order valence-electron chi connectivity index (χ3n) is 3.08. The lowest BCUT2D eigenvalue weighted by molar-refractivity contribution is 0.509. The number of anilines is 1. The molecule has 112 valence electrons. The first-order chi connectivity index (χ1) is 10.1. The maximum Gasteiger partial charge on any atom is 0.293 e. The molecule has 1 heterocycles. The van der Waals surface area contributed by atoms with Crippen molar-refractivity contribution in [3.8, 4) is 0 Å². The number of alkyl halides is 1. The van der Waals surface area contributed by atoms with Crippen LogP contribution in [0, 0.1) is 5.92 Å². The number of rotatable bonds is 6. The van der Waals surface area contributed by atoms with Gasteiger partial charge in [0.15, 0.2) is 5.82 Å². The lowest BCUT2D eigenvalue weighted by Gasteiger charge is -2.11. The average molecular weight is 306 g/mol. The quantitative estimate of drug-likeness (QED) is 0.833. The largest absolute Gasteiger partial charge is 0.361 e. The summed E-state index contributed by atoms with van der Waals surface area (Å²) in [6.45, 7) is 5.41. The molecule has 1 aromatic heterocycles. The van der Waals surface area contributed by atoms with Crippen LogP contribution >= 0.6 is 11.6 Å². The number of nitrogens with zero attached hydrogens (tertiary/aromatic N) is 2. The van der Waals surface area contributed by atoms with Crippen molar-refractivity contribution in [2.24, 2.45) is 5.92 Å². The van der Waals surface area contributed by atoms with E-state index in [0.717, 1.165) is 11.1 Å². The van der Waals surface area contributed by atoms with E-state index in [0.29, 0.717) is 30.7 Å². The van der Waals surface area contributed by atoms with Crippen molar-refractivity contribution in [1.82, 2.24) is 9.55 Å². The van der Waals surface area contributed by atoms with Crippen molar-refractivity contribution in [2.45, 2.75) is 32.8 Å². The highest BCUT2D eigenvalue weighted by molar-refractivity contribution is 6.17. The van der Waals surface area contributed by atoms with Crippen LogP contribution in [0.1, 0.15) is 25.0 Å². The van der Waals surface area contributed by atoms with E-state index in [4.69, 9.17) is 11.6 Å². The second kappa shape index (κ2) is 7.27. The van der Waals surface area contributed by atoms with Crippen molar-refractivity contribution < 1.29 is 0 Å². The fourth-order valence-electron chi connectivity index (χ4n) is 2.11. The first-order valence-corrected chi connectivity index (χ1v) is 7.56. The van der Waals surface area contributed by atoms with Crippen molar-refractivity contribution >= 4 is 17.4 Å². The molecular weight excluding hydrogens is 286 g/mol. The molecule has 1 aromatic carbocycles. The zero-order chi connectivity index (χ0) is 15.2. The number of aromatic nitrogens is 2. The molecule has 0 saturated carbocycles. The molecule has 0 fully saturated rings. The first-order valence-electron chi connectivity index (χ1n) is 7.03. The third kappa shape index (κ3) is 4.33. The van der Waals surface area contributed by atoms with Gasteiger partial charge in [0.05, 0.1) is 0 Å². The average Bonchev–Trinajstić information content (AvgIpc) is 2.48. The van der Waals surface area contributed by atoms with Crippen molar-refractivity contribution in [3.63, 3.8) is 0 Å². The van der Waals surface area contributed by atoms with Crippen molar-refractivity contribution in [1.29, 1.82) is 0 Å². The summed E-state index contributed by atoms with van der Waals surface area (Å²) in [5.74, 6) is 1.28. The zero-order valence-corrected chi connectivity index (χ0v) is 13.1. The standard InChI is InChI=1S/C16H20ClN3O/c1-12(2)11-20-7-6-18-15(16(20)21)19-10-14-5-3-4-13(8-14)9-17/h3-8,12H,9-11H2,1-2H3,(H,18,19). The summed E-state index contributed by atoms with van der Waals surface area (Å²) < 4.78 is 1.69. The van der Waals surface area contributed by atoms with Gasteiger partial charge in [0, 0.05) is 31.4 Å². The van der Waals surface area contributed by atoms with Gasteiger partial charge >= 0.3 is 0 Å². The first kappa shape index (κ1) is 15.6. The van der Waals surface area contributed by atoms with Crippen LogP contribution in [-0.4, -0.2) is 9.55 Å². The number of nitrogens with one attached hydrogen (secondary N) is 1. The van der Waals surface area contributed by atoms with Crippen LogP contribution in [0.5, 0.6) is 0 Å².